The highest BCUT2D eigenvalue weighted by molar-refractivity contribution is 6.50. The monoisotopic (exact) mass is 498 g/mol. The van der Waals surface area contributed by atoms with E-state index in [1.54, 1.807) is 32.7 Å². The molecule has 188 valence electrons. The second kappa shape index (κ2) is 31.8. The molecule has 7 nitrogen and oxygen atoms in total. The summed E-state index contributed by atoms with van der Waals surface area (Å²) in [5.74, 6) is 0. The Morgan fingerprint density at radius 1 is 0.806 bits per heavy atom. The molecule has 0 spiro atoms. The Morgan fingerprint density at radius 3 is 1.52 bits per heavy atom. The molecule has 0 aromatic rings. The van der Waals surface area contributed by atoms with Crippen LogP contribution in [0.2, 0.25) is 0 Å². The first kappa shape index (κ1) is 37.9. The highest BCUT2D eigenvalue weighted by atomic mass is 28.3. The molecule has 0 heterocycles. The van der Waals surface area contributed by atoms with Crippen LogP contribution in [-0.2, 0) is 26.9 Å². The summed E-state index contributed by atoms with van der Waals surface area (Å²) in [6, 6.07) is 0. The van der Waals surface area contributed by atoms with Crippen molar-refractivity contribution in [3.8, 4) is 0 Å². The number of hydrogen-bond acceptors (Lipinski definition) is 7. The Balaban J connectivity index is -0.000000171. The maximum absolute atomic E-state index is 7.00. The van der Waals surface area contributed by atoms with Crippen molar-refractivity contribution < 1.29 is 32.0 Å². The lowest BCUT2D eigenvalue weighted by Gasteiger charge is -2.16. The largest absolute Gasteiger partial charge is 0.417 e. The number of aliphatic hydroxyl groups is 1. The van der Waals surface area contributed by atoms with Crippen LogP contribution < -0.4 is 0 Å². The van der Waals surface area contributed by atoms with Crippen LogP contribution in [0.1, 0.15) is 47.5 Å². The van der Waals surface area contributed by atoms with Crippen molar-refractivity contribution in [1.29, 1.82) is 0 Å². The first-order chi connectivity index (χ1) is 14.8. The lowest BCUT2D eigenvalue weighted by Crippen LogP contribution is -2.27. The van der Waals surface area contributed by atoms with Crippen molar-refractivity contribution in [2.45, 2.75) is 65.8 Å². The number of methoxy groups -OCH3 is 1. The van der Waals surface area contributed by atoms with Gasteiger partial charge < -0.3 is 32.0 Å². The standard InChI is InChI=1S/C7H16O3Si.C7H16O2Si.C6H14OSi.CH4O/c1-5-11(9-4)10-7(2)6-8-3;1-5-7(3)9-10(6-2)8-4;1-4-6(3)7-8-5-2;1-2/h5,7,11H,1,6H2,2-4H3;6-7,10H,2,5H2,1,3-4H3;5-6H,2,4,8H2,1,3H3;2H,1H3. The number of hydrogen-bond donors (Lipinski definition) is 1. The molecule has 31 heavy (non-hydrogen) atoms. The molecule has 0 saturated carbocycles. The zero-order valence-electron chi connectivity index (χ0n) is 21.5. The molecule has 0 amide bonds. The molecule has 0 aromatic carbocycles. The fourth-order valence-electron chi connectivity index (χ4n) is 1.59. The molecule has 0 radical (unpaired) electrons. The quantitative estimate of drug-likeness (QED) is 0.348. The van der Waals surface area contributed by atoms with Crippen molar-refractivity contribution in [1.82, 2.24) is 0 Å². The van der Waals surface area contributed by atoms with Gasteiger partial charge in [-0.2, -0.15) is 0 Å². The first-order valence-electron chi connectivity index (χ1n) is 10.6. The molecular weight excluding hydrogens is 448 g/mol. The first-order valence-corrected chi connectivity index (χ1v) is 15.2. The van der Waals surface area contributed by atoms with Gasteiger partial charge in [0.2, 0.25) is 0 Å². The van der Waals surface area contributed by atoms with Crippen molar-refractivity contribution in [2.75, 3.05) is 35.0 Å². The summed E-state index contributed by atoms with van der Waals surface area (Å²) < 4.78 is 31.4. The smallest absolute Gasteiger partial charge is 0.347 e. The molecule has 0 saturated heterocycles. The summed E-state index contributed by atoms with van der Waals surface area (Å²) in [6.07, 6.45) is 2.98. The zero-order chi connectivity index (χ0) is 25.1. The third-order valence-corrected chi connectivity index (χ3v) is 7.79. The third kappa shape index (κ3) is 31.9. The van der Waals surface area contributed by atoms with Crippen molar-refractivity contribution in [2.24, 2.45) is 0 Å². The molecule has 0 bridgehead atoms. The van der Waals surface area contributed by atoms with Crippen molar-refractivity contribution in [3.63, 3.8) is 0 Å². The van der Waals surface area contributed by atoms with Gasteiger partial charge in [-0.25, -0.2) is 0 Å². The van der Waals surface area contributed by atoms with E-state index in [0.717, 1.165) is 20.0 Å². The van der Waals surface area contributed by atoms with Crippen LogP contribution in [-0.4, -0.2) is 86.8 Å². The molecule has 5 atom stereocenters. The fraction of sp³-hybridized carbons (Fsp3) is 0.714. The molecule has 1 N–H and O–H groups in total. The Labute approximate surface area is 198 Å². The topological polar surface area (TPSA) is 75.6 Å². The van der Waals surface area contributed by atoms with E-state index in [4.69, 9.17) is 32.0 Å². The van der Waals surface area contributed by atoms with E-state index >= 15 is 0 Å². The number of ether oxygens (including phenoxy) is 1. The van der Waals surface area contributed by atoms with Crippen molar-refractivity contribution in [3.05, 3.63) is 36.8 Å². The van der Waals surface area contributed by atoms with Gasteiger partial charge in [-0.15, -0.1) is 19.7 Å². The second-order valence-electron chi connectivity index (χ2n) is 6.28. The maximum atomic E-state index is 7.00. The average Bonchev–Trinajstić information content (AvgIpc) is 2.81. The summed E-state index contributed by atoms with van der Waals surface area (Å²) in [4.78, 5) is 0. The molecule has 0 aliphatic rings. The van der Waals surface area contributed by atoms with E-state index in [2.05, 4.69) is 40.5 Å². The highest BCUT2D eigenvalue weighted by Gasteiger charge is 2.10. The Bertz CT molecular complexity index is 377. The van der Waals surface area contributed by atoms with Crippen LogP contribution in [0, 0.1) is 0 Å². The summed E-state index contributed by atoms with van der Waals surface area (Å²) >= 11 is 0. The summed E-state index contributed by atoms with van der Waals surface area (Å²) in [7, 11) is 2.48. The van der Waals surface area contributed by atoms with Gasteiger partial charge >= 0.3 is 18.6 Å². The van der Waals surface area contributed by atoms with Crippen LogP contribution >= 0.6 is 0 Å². The molecule has 10 heteroatoms. The maximum Gasteiger partial charge on any atom is 0.347 e. The summed E-state index contributed by atoms with van der Waals surface area (Å²) in [5.41, 5.74) is 5.44. The molecule has 0 rings (SSSR count). The van der Waals surface area contributed by atoms with E-state index in [-0.39, 0.29) is 15.9 Å². The van der Waals surface area contributed by atoms with Gasteiger partial charge in [0.25, 0.3) is 0 Å². The zero-order valence-corrected chi connectivity index (χ0v) is 25.2. The third-order valence-electron chi connectivity index (χ3n) is 3.63. The van der Waals surface area contributed by atoms with Crippen LogP contribution in [0.25, 0.3) is 0 Å². The number of rotatable bonds is 15. The predicted molar refractivity (Wildman–Crippen MR) is 140 cm³/mol. The Morgan fingerprint density at radius 2 is 1.23 bits per heavy atom. The minimum atomic E-state index is -1.60. The Kier molecular flexibility index (Phi) is 38.8. The Hall–Kier alpha value is -0.409. The fourth-order valence-corrected chi connectivity index (χ4v) is 4.31. The summed E-state index contributed by atoms with van der Waals surface area (Å²) in [5, 5.41) is 7.00. The van der Waals surface area contributed by atoms with Gasteiger partial charge in [0.05, 0.1) is 12.7 Å². The van der Waals surface area contributed by atoms with Gasteiger partial charge in [0, 0.05) is 40.6 Å². The minimum Gasteiger partial charge on any atom is -0.417 e. The van der Waals surface area contributed by atoms with Crippen LogP contribution in [0.15, 0.2) is 36.8 Å². The molecule has 0 aromatic heterocycles. The molecule has 0 aliphatic carbocycles. The molecule has 0 fully saturated rings. The van der Waals surface area contributed by atoms with Crippen LogP contribution in [0.3, 0.4) is 0 Å². The highest BCUT2D eigenvalue weighted by Crippen LogP contribution is 1.99. The molecule has 0 aliphatic heterocycles. The predicted octanol–water partition coefficient (Wildman–Crippen LogP) is 2.66. The van der Waals surface area contributed by atoms with Gasteiger partial charge in [0.15, 0.2) is 9.76 Å². The lowest BCUT2D eigenvalue weighted by atomic mass is 10.3. The van der Waals surface area contributed by atoms with E-state index in [1.165, 1.54) is 0 Å². The molecular formula is C21H50O7Si3. The summed E-state index contributed by atoms with van der Waals surface area (Å²) in [6.45, 7) is 21.8. The minimum absolute atomic E-state index is 0.0922. The van der Waals surface area contributed by atoms with Crippen molar-refractivity contribution >= 4 is 28.3 Å². The SMILES string of the molecule is C=C[SiH2]OC(C)CC.C=C[SiH](OC)OC(C)CC.C=C[SiH](OC)OC(C)COC.CO. The van der Waals surface area contributed by atoms with Gasteiger partial charge in [-0.3, -0.25) is 0 Å². The van der Waals surface area contributed by atoms with E-state index in [0.29, 0.717) is 18.8 Å². The van der Waals surface area contributed by atoms with Gasteiger partial charge in [0.1, 0.15) is 0 Å². The van der Waals surface area contributed by atoms with E-state index in [9.17, 15) is 0 Å². The van der Waals surface area contributed by atoms with E-state index in [1.807, 2.05) is 19.5 Å². The normalized spacial score (nSPS) is 14.9. The lowest BCUT2D eigenvalue weighted by molar-refractivity contribution is 0.0762. The van der Waals surface area contributed by atoms with Gasteiger partial charge in [-0.05, 0) is 33.6 Å². The van der Waals surface area contributed by atoms with Crippen LogP contribution in [0.4, 0.5) is 0 Å². The molecule has 5 unspecified atom stereocenters. The van der Waals surface area contributed by atoms with Crippen LogP contribution in [0.5, 0.6) is 0 Å². The van der Waals surface area contributed by atoms with E-state index < -0.39 is 18.6 Å². The average molecular weight is 499 g/mol. The number of aliphatic hydroxyl groups excluding tert-OH is 1. The van der Waals surface area contributed by atoms with Gasteiger partial charge in [-0.1, -0.05) is 30.9 Å². The second-order valence-corrected chi connectivity index (χ2v) is 11.4.